The van der Waals surface area contributed by atoms with E-state index in [1.165, 1.54) is 24.4 Å². The number of hydrogen-bond donors (Lipinski definition) is 3. The zero-order chi connectivity index (χ0) is 27.4. The first-order valence-corrected chi connectivity index (χ1v) is 10.8. The minimum absolute atomic E-state index is 0.0664. The molecular formula is C24H26FN7O3. The number of hydrogen-bond acceptors (Lipinski definition) is 7. The van der Waals surface area contributed by atoms with Gasteiger partial charge in [-0.15, -0.1) is 0 Å². The molecule has 0 aliphatic carbocycles. The zero-order valence-electron chi connectivity index (χ0n) is 22.1. The van der Waals surface area contributed by atoms with Crippen molar-refractivity contribution in [1.82, 2.24) is 24.4 Å². The summed E-state index contributed by atoms with van der Waals surface area (Å²) in [6.07, 6.45) is 5.67. The van der Waals surface area contributed by atoms with E-state index >= 15 is 0 Å². The molecule has 4 aromatic heterocycles. The van der Waals surface area contributed by atoms with E-state index in [0.29, 0.717) is 42.1 Å². The SMILES string of the molecule is [2H]C([2H])([2H])NC(=O)c1cnc(Nc2ccc(F)cn2)cc1Nc1cn(CCOC)c2ccn(CC)c(=O)c12. The molecule has 0 spiro atoms. The molecule has 35 heavy (non-hydrogen) atoms. The summed E-state index contributed by atoms with van der Waals surface area (Å²) in [4.78, 5) is 34.2. The van der Waals surface area contributed by atoms with Crippen LogP contribution in [0, 0.1) is 5.82 Å². The number of aryl methyl sites for hydroxylation is 1. The lowest BCUT2D eigenvalue weighted by Gasteiger charge is -2.13. The summed E-state index contributed by atoms with van der Waals surface area (Å²) in [6, 6.07) is 5.93. The van der Waals surface area contributed by atoms with Crippen LogP contribution in [-0.4, -0.2) is 45.7 Å². The Morgan fingerprint density at radius 2 is 1.97 bits per heavy atom. The van der Waals surface area contributed by atoms with Crippen molar-refractivity contribution in [2.75, 3.05) is 31.3 Å². The van der Waals surface area contributed by atoms with E-state index in [0.717, 1.165) is 6.20 Å². The van der Waals surface area contributed by atoms with E-state index in [2.05, 4.69) is 20.6 Å². The van der Waals surface area contributed by atoms with Crippen LogP contribution in [0.3, 0.4) is 0 Å². The van der Waals surface area contributed by atoms with Gasteiger partial charge in [-0.2, -0.15) is 0 Å². The van der Waals surface area contributed by atoms with Gasteiger partial charge in [0.2, 0.25) is 0 Å². The van der Waals surface area contributed by atoms with Crippen molar-refractivity contribution in [2.45, 2.75) is 20.0 Å². The van der Waals surface area contributed by atoms with Crippen molar-refractivity contribution in [3.63, 3.8) is 0 Å². The molecule has 4 aromatic rings. The van der Waals surface area contributed by atoms with Crippen molar-refractivity contribution < 1.29 is 18.0 Å². The standard InChI is InChI=1S/C24H26FN7O3/c1-4-31-8-7-19-22(24(31)34)18(14-32(19)9-10-35-3)29-17-11-21(28-13-16(17)23(33)26-2)30-20-6-5-15(25)12-27-20/h5-8,11-14H,4,9-10H2,1-3H3,(H,26,33)(H2,27,28,29,30)/i2D3. The van der Waals surface area contributed by atoms with Crippen molar-refractivity contribution in [2.24, 2.45) is 0 Å². The number of ether oxygens (including phenoxy) is 1. The number of pyridine rings is 3. The number of fused-ring (bicyclic) bond motifs is 1. The summed E-state index contributed by atoms with van der Waals surface area (Å²) in [6.45, 7) is 0.451. The van der Waals surface area contributed by atoms with Crippen LogP contribution in [0.1, 0.15) is 21.4 Å². The molecule has 182 valence electrons. The Kier molecular flexibility index (Phi) is 5.96. The molecule has 0 atom stereocenters. The third kappa shape index (κ3) is 4.99. The summed E-state index contributed by atoms with van der Waals surface area (Å²) in [5.41, 5.74) is 0.950. The van der Waals surface area contributed by atoms with E-state index in [1.54, 1.807) is 24.1 Å². The van der Waals surface area contributed by atoms with Gasteiger partial charge in [-0.3, -0.25) is 9.59 Å². The number of aromatic nitrogens is 4. The quantitative estimate of drug-likeness (QED) is 0.335. The molecule has 3 N–H and O–H groups in total. The molecule has 0 aliphatic heterocycles. The fraction of sp³-hybridized carbons (Fsp3) is 0.250. The number of anilines is 4. The molecule has 0 bridgehead atoms. The lowest BCUT2D eigenvalue weighted by atomic mass is 10.2. The predicted octanol–water partition coefficient (Wildman–Crippen LogP) is 3.25. The summed E-state index contributed by atoms with van der Waals surface area (Å²) in [7, 11) is 1.58. The first kappa shape index (κ1) is 20.2. The van der Waals surface area contributed by atoms with Crippen molar-refractivity contribution in [1.29, 1.82) is 0 Å². The number of nitrogens with zero attached hydrogens (tertiary/aromatic N) is 4. The van der Waals surface area contributed by atoms with Crippen LogP contribution >= 0.6 is 0 Å². The minimum atomic E-state index is -2.73. The molecule has 0 saturated carbocycles. The van der Waals surface area contributed by atoms with Crippen LogP contribution < -0.4 is 21.5 Å². The highest BCUT2D eigenvalue weighted by atomic mass is 19.1. The molecule has 1 amide bonds. The Labute approximate surface area is 205 Å². The monoisotopic (exact) mass is 482 g/mol. The predicted molar refractivity (Wildman–Crippen MR) is 132 cm³/mol. The Morgan fingerprint density at radius 3 is 2.69 bits per heavy atom. The maximum Gasteiger partial charge on any atom is 0.262 e. The van der Waals surface area contributed by atoms with Crippen LogP contribution in [0.15, 0.2) is 53.8 Å². The second-order valence-corrected chi connectivity index (χ2v) is 7.58. The topological polar surface area (TPSA) is 115 Å². The fourth-order valence-electron chi connectivity index (χ4n) is 3.67. The molecule has 0 aromatic carbocycles. The molecule has 0 fully saturated rings. The molecule has 10 nitrogen and oxygen atoms in total. The largest absolute Gasteiger partial charge is 0.383 e. The summed E-state index contributed by atoms with van der Waals surface area (Å²) in [5, 5.41) is 8.38. The van der Waals surface area contributed by atoms with Crippen LogP contribution in [0.5, 0.6) is 0 Å². The van der Waals surface area contributed by atoms with E-state index in [4.69, 9.17) is 8.85 Å². The van der Waals surface area contributed by atoms with E-state index < -0.39 is 18.7 Å². The van der Waals surface area contributed by atoms with Gasteiger partial charge in [-0.1, -0.05) is 0 Å². The number of halogens is 1. The normalized spacial score (nSPS) is 12.6. The zero-order valence-corrected chi connectivity index (χ0v) is 19.1. The second kappa shape index (κ2) is 10.3. The van der Waals surface area contributed by atoms with E-state index in [-0.39, 0.29) is 22.6 Å². The van der Waals surface area contributed by atoms with E-state index in [1.807, 2.05) is 22.9 Å². The summed E-state index contributed by atoms with van der Waals surface area (Å²) < 4.78 is 44.1. The third-order valence-corrected chi connectivity index (χ3v) is 5.40. The average molecular weight is 483 g/mol. The van der Waals surface area contributed by atoms with Crippen LogP contribution in [0.25, 0.3) is 10.9 Å². The van der Waals surface area contributed by atoms with Crippen LogP contribution in [-0.2, 0) is 17.8 Å². The van der Waals surface area contributed by atoms with Gasteiger partial charge in [0, 0.05) is 55.9 Å². The second-order valence-electron chi connectivity index (χ2n) is 7.58. The first-order valence-electron chi connectivity index (χ1n) is 12.3. The Hall–Kier alpha value is -4.25. The van der Waals surface area contributed by atoms with Crippen molar-refractivity contribution >= 4 is 39.8 Å². The molecular weight excluding hydrogens is 453 g/mol. The minimum Gasteiger partial charge on any atom is -0.383 e. The van der Waals surface area contributed by atoms with Gasteiger partial charge in [0.25, 0.3) is 11.5 Å². The molecule has 0 unspecified atom stereocenters. The molecule has 4 rings (SSSR count). The molecule has 4 heterocycles. The van der Waals surface area contributed by atoms with Crippen LogP contribution in [0.4, 0.5) is 27.4 Å². The molecule has 0 saturated heterocycles. The van der Waals surface area contributed by atoms with Gasteiger partial charge < -0.3 is 29.8 Å². The van der Waals surface area contributed by atoms with Gasteiger partial charge in [0.1, 0.15) is 17.5 Å². The van der Waals surface area contributed by atoms with Gasteiger partial charge in [-0.25, -0.2) is 14.4 Å². The van der Waals surface area contributed by atoms with Crippen LogP contribution in [0.2, 0.25) is 0 Å². The molecule has 0 radical (unpaired) electrons. The number of carbonyl (C=O) groups is 1. The molecule has 11 heteroatoms. The highest BCUT2D eigenvalue weighted by molar-refractivity contribution is 6.02. The maximum absolute atomic E-state index is 13.3. The Morgan fingerprint density at radius 1 is 1.14 bits per heavy atom. The van der Waals surface area contributed by atoms with E-state index in [9.17, 15) is 14.0 Å². The molecule has 0 aliphatic rings. The fourth-order valence-corrected chi connectivity index (χ4v) is 3.67. The first-order chi connectivity index (χ1) is 18.1. The maximum atomic E-state index is 13.3. The highest BCUT2D eigenvalue weighted by Gasteiger charge is 2.18. The number of methoxy groups -OCH3 is 1. The average Bonchev–Trinajstić information content (AvgIpc) is 3.21. The van der Waals surface area contributed by atoms with Gasteiger partial charge >= 0.3 is 0 Å². The number of carbonyl (C=O) groups excluding carboxylic acids is 1. The number of rotatable bonds is 9. The smallest absolute Gasteiger partial charge is 0.262 e. The Balaban J connectivity index is 1.81. The third-order valence-electron chi connectivity index (χ3n) is 5.40. The number of nitrogens with one attached hydrogen (secondary N) is 3. The van der Waals surface area contributed by atoms with Gasteiger partial charge in [0.05, 0.1) is 40.6 Å². The Bertz CT molecular complexity index is 1520. The number of amides is 1. The summed E-state index contributed by atoms with van der Waals surface area (Å²) in [5.74, 6) is -0.858. The lowest BCUT2D eigenvalue weighted by molar-refractivity contribution is 0.0963. The van der Waals surface area contributed by atoms with Gasteiger partial charge in [0.15, 0.2) is 0 Å². The highest BCUT2D eigenvalue weighted by Crippen LogP contribution is 2.30. The van der Waals surface area contributed by atoms with Crippen molar-refractivity contribution in [3.8, 4) is 0 Å². The van der Waals surface area contributed by atoms with Gasteiger partial charge in [-0.05, 0) is 25.1 Å². The summed E-state index contributed by atoms with van der Waals surface area (Å²) >= 11 is 0. The lowest BCUT2D eigenvalue weighted by Crippen LogP contribution is -2.20. The van der Waals surface area contributed by atoms with Crippen molar-refractivity contribution in [3.05, 3.63) is 70.8 Å².